The number of thiophene rings is 2. The Bertz CT molecular complexity index is 3570. The summed E-state index contributed by atoms with van der Waals surface area (Å²) in [6.07, 6.45) is 3.23. The second-order valence-corrected chi connectivity index (χ2v) is 22.0. The number of rotatable bonds is 15. The zero-order valence-electron chi connectivity index (χ0n) is 39.9. The average molecular weight is 999 g/mol. The lowest BCUT2D eigenvalue weighted by Crippen LogP contribution is -2.10. The molecule has 10 heteroatoms. The molecule has 7 aromatic carbocycles. The van der Waals surface area contributed by atoms with Crippen molar-refractivity contribution in [2.75, 3.05) is 16.9 Å². The quantitative estimate of drug-likeness (QED) is 0.0954. The Balaban J connectivity index is 0.795. The Labute approximate surface area is 430 Å². The predicted octanol–water partition coefficient (Wildman–Crippen LogP) is 18.3. The second kappa shape index (κ2) is 20.3. The molecule has 71 heavy (non-hydrogen) atoms. The van der Waals surface area contributed by atoms with E-state index in [0.29, 0.717) is 12.8 Å². The van der Waals surface area contributed by atoms with E-state index in [0.717, 1.165) is 93.4 Å². The van der Waals surface area contributed by atoms with Crippen molar-refractivity contribution in [3.05, 3.63) is 204 Å². The number of carbonyl (C=O) groups excluding carboxylic acids is 1. The largest absolute Gasteiger partial charge is 0.469 e. The monoisotopic (exact) mass is 998 g/mol. The molecule has 11 rings (SSSR count). The summed E-state index contributed by atoms with van der Waals surface area (Å²) in [7, 11) is 1.43. The number of aromatic nitrogens is 2. The summed E-state index contributed by atoms with van der Waals surface area (Å²) in [4.78, 5) is 31.4. The molecule has 0 N–H and O–H groups in total. The zero-order chi connectivity index (χ0) is 48.4. The number of aryl methyl sites for hydroxylation is 4. The molecule has 0 atom stereocenters. The van der Waals surface area contributed by atoms with Crippen LogP contribution in [-0.4, -0.2) is 23.0 Å². The topological polar surface area (TPSA) is 58.6 Å². The highest BCUT2D eigenvalue weighted by atomic mass is 32.1. The van der Waals surface area contributed by atoms with Crippen LogP contribution in [0.15, 0.2) is 182 Å². The fourth-order valence-corrected chi connectivity index (χ4v) is 13.0. The highest BCUT2D eigenvalue weighted by Gasteiger charge is 2.18. The summed E-state index contributed by atoms with van der Waals surface area (Å²) in [5, 5.41) is 2.05. The van der Waals surface area contributed by atoms with Gasteiger partial charge in [-0.15, -0.1) is 45.3 Å². The maximum absolute atomic E-state index is 11.8. The summed E-state index contributed by atoms with van der Waals surface area (Å²) in [5.74, 6) is -0.199. The third-order valence-corrected chi connectivity index (χ3v) is 17.3. The van der Waals surface area contributed by atoms with Crippen LogP contribution in [0.2, 0.25) is 0 Å². The molecule has 6 nitrogen and oxygen atoms in total. The first-order valence-corrected chi connectivity index (χ1v) is 27.1. The normalized spacial score (nSPS) is 11.4. The van der Waals surface area contributed by atoms with Gasteiger partial charge in [0.05, 0.1) is 37.3 Å². The van der Waals surface area contributed by atoms with Gasteiger partial charge in [0.15, 0.2) is 0 Å². The van der Waals surface area contributed by atoms with Crippen molar-refractivity contribution in [3.63, 3.8) is 0 Å². The Morgan fingerprint density at radius 3 is 1.37 bits per heavy atom. The molecule has 0 spiro atoms. The number of hydrogen-bond acceptors (Lipinski definition) is 10. The van der Waals surface area contributed by atoms with E-state index in [1.54, 1.807) is 45.3 Å². The number of anilines is 6. The molecule has 0 aliphatic heterocycles. The van der Waals surface area contributed by atoms with E-state index in [9.17, 15) is 4.79 Å². The highest BCUT2D eigenvalue weighted by molar-refractivity contribution is 7.28. The van der Waals surface area contributed by atoms with Crippen LogP contribution in [0, 0.1) is 13.8 Å². The molecule has 0 fully saturated rings. The van der Waals surface area contributed by atoms with Gasteiger partial charge in [-0.1, -0.05) is 91.7 Å². The number of hydrogen-bond donors (Lipinski definition) is 0. The van der Waals surface area contributed by atoms with Crippen molar-refractivity contribution in [3.8, 4) is 40.7 Å². The molecule has 0 amide bonds. The Hall–Kier alpha value is -7.21. The van der Waals surface area contributed by atoms with Crippen molar-refractivity contribution in [1.29, 1.82) is 0 Å². The number of ether oxygens (including phenoxy) is 1. The minimum absolute atomic E-state index is 0.199. The third kappa shape index (κ3) is 9.94. The maximum atomic E-state index is 11.8. The van der Waals surface area contributed by atoms with Crippen molar-refractivity contribution in [2.24, 2.45) is 0 Å². The molecule has 4 aromatic heterocycles. The summed E-state index contributed by atoms with van der Waals surface area (Å²) in [5.41, 5.74) is 15.9. The Morgan fingerprint density at radius 2 is 0.901 bits per heavy atom. The molecule has 11 aromatic rings. The van der Waals surface area contributed by atoms with Gasteiger partial charge in [-0.25, -0.2) is 9.97 Å². The van der Waals surface area contributed by atoms with Gasteiger partial charge in [0, 0.05) is 50.3 Å². The standard InChI is InChI=1S/C61H50N4O2S4/c1-5-7-41-12-23-47(24-13-41)65(50-9-6-8-40(3)36-50)49-29-19-44(20-30-49)54-32-34-56(69-54)61-63-52-38-57-51(37-58(52)71-61)62-60(70-57)55-33-31-53(68-55)43-17-27-48(28-18-43)64(45-21-10-39(2)11-22-45)46-25-14-42(15-26-46)16-35-59(66)67-4/h6,8-15,17-34,36-38H,5,7,16,35H2,1-4H3. The lowest BCUT2D eigenvalue weighted by molar-refractivity contribution is -0.140. The predicted molar refractivity (Wildman–Crippen MR) is 303 cm³/mol. The van der Waals surface area contributed by atoms with Crippen LogP contribution < -0.4 is 9.80 Å². The van der Waals surface area contributed by atoms with Crippen LogP contribution in [0.1, 0.15) is 42.0 Å². The number of carbonyl (C=O) groups is 1. The lowest BCUT2D eigenvalue weighted by Gasteiger charge is -2.26. The first-order valence-electron chi connectivity index (χ1n) is 23.9. The number of nitrogens with zero attached hydrogens (tertiary/aromatic N) is 4. The zero-order valence-corrected chi connectivity index (χ0v) is 43.2. The average Bonchev–Trinajstić information content (AvgIpc) is 4.24. The van der Waals surface area contributed by atoms with E-state index in [-0.39, 0.29) is 5.97 Å². The van der Waals surface area contributed by atoms with E-state index in [1.165, 1.54) is 44.0 Å². The number of methoxy groups -OCH3 is 1. The van der Waals surface area contributed by atoms with Gasteiger partial charge in [-0.2, -0.15) is 0 Å². The van der Waals surface area contributed by atoms with Crippen LogP contribution in [0.3, 0.4) is 0 Å². The minimum Gasteiger partial charge on any atom is -0.469 e. The second-order valence-electron chi connectivity index (χ2n) is 17.8. The van der Waals surface area contributed by atoms with Crippen LogP contribution in [-0.2, 0) is 22.4 Å². The fraction of sp³-hybridized carbons (Fsp3) is 0.131. The molecule has 0 radical (unpaired) electrons. The summed E-state index contributed by atoms with van der Waals surface area (Å²) < 4.78 is 7.13. The van der Waals surface area contributed by atoms with Crippen molar-refractivity contribution >= 4 is 106 Å². The van der Waals surface area contributed by atoms with Gasteiger partial charge >= 0.3 is 5.97 Å². The molecule has 4 heterocycles. The third-order valence-electron chi connectivity index (χ3n) is 12.7. The SMILES string of the molecule is CCCc1ccc(N(c2ccc(-c3ccc(-c4nc5cc6sc(-c7ccc(-c8ccc(N(c9ccc(C)cc9)c9ccc(CCC(=O)OC)cc9)cc8)s7)nc6cc5s4)s3)cc2)c2cccc(C)c2)cc1. The molecule has 350 valence electrons. The summed E-state index contributed by atoms with van der Waals surface area (Å²) in [6.45, 7) is 6.48. The van der Waals surface area contributed by atoms with E-state index >= 15 is 0 Å². The maximum Gasteiger partial charge on any atom is 0.305 e. The Kier molecular flexibility index (Phi) is 13.2. The summed E-state index contributed by atoms with van der Waals surface area (Å²) in [6, 6.07) is 65.7. The van der Waals surface area contributed by atoms with Crippen LogP contribution >= 0.6 is 45.3 Å². The highest BCUT2D eigenvalue weighted by Crippen LogP contribution is 2.44. The molecular weight excluding hydrogens is 949 g/mol. The van der Waals surface area contributed by atoms with Crippen molar-refractivity contribution < 1.29 is 9.53 Å². The van der Waals surface area contributed by atoms with E-state index in [2.05, 4.69) is 213 Å². The van der Waals surface area contributed by atoms with Gasteiger partial charge in [0.2, 0.25) is 0 Å². The number of benzene rings is 7. The Morgan fingerprint density at radius 1 is 0.465 bits per heavy atom. The molecule has 0 aliphatic carbocycles. The van der Waals surface area contributed by atoms with Crippen molar-refractivity contribution in [2.45, 2.75) is 46.5 Å². The first kappa shape index (κ1) is 46.2. The molecule has 0 saturated carbocycles. The molecule has 0 aliphatic rings. The minimum atomic E-state index is -0.199. The number of fused-ring (bicyclic) bond motifs is 2. The van der Waals surface area contributed by atoms with Crippen LogP contribution in [0.5, 0.6) is 0 Å². The van der Waals surface area contributed by atoms with E-state index in [1.807, 2.05) is 0 Å². The number of esters is 1. The molecular formula is C61H50N4O2S4. The van der Waals surface area contributed by atoms with Gasteiger partial charge in [0.1, 0.15) is 10.0 Å². The smallest absolute Gasteiger partial charge is 0.305 e. The van der Waals surface area contributed by atoms with Gasteiger partial charge in [0.25, 0.3) is 0 Å². The van der Waals surface area contributed by atoms with Gasteiger partial charge in [-0.3, -0.25) is 4.79 Å². The molecule has 0 saturated heterocycles. The summed E-state index contributed by atoms with van der Waals surface area (Å²) >= 11 is 7.01. The van der Waals surface area contributed by atoms with E-state index in [4.69, 9.17) is 14.7 Å². The number of thiazole rings is 2. The fourth-order valence-electron chi connectivity index (χ4n) is 8.94. The lowest BCUT2D eigenvalue weighted by atomic mass is 10.1. The van der Waals surface area contributed by atoms with E-state index < -0.39 is 0 Å². The molecule has 0 bridgehead atoms. The van der Waals surface area contributed by atoms with Crippen molar-refractivity contribution in [1.82, 2.24) is 9.97 Å². The van der Waals surface area contributed by atoms with Crippen LogP contribution in [0.25, 0.3) is 61.1 Å². The van der Waals surface area contributed by atoms with Gasteiger partial charge in [-0.05, 0) is 164 Å². The van der Waals surface area contributed by atoms with Crippen LogP contribution in [0.4, 0.5) is 34.1 Å². The first-order chi connectivity index (χ1) is 34.7. The van der Waals surface area contributed by atoms with Gasteiger partial charge < -0.3 is 14.5 Å². The molecule has 0 unspecified atom stereocenters.